The Labute approximate surface area is 544 Å². The first-order valence-corrected chi connectivity index (χ1v) is 39.4. The summed E-state index contributed by atoms with van der Waals surface area (Å²) in [7, 11) is 0. The summed E-state index contributed by atoms with van der Waals surface area (Å²) in [6, 6.07) is -0.546. The van der Waals surface area contributed by atoms with E-state index in [1.807, 2.05) is 0 Å². The number of allylic oxidation sites excluding steroid dienone is 8. The van der Waals surface area contributed by atoms with Crippen LogP contribution in [0.4, 0.5) is 0 Å². The number of carbonyl (C=O) groups excluding carboxylic acids is 2. The highest BCUT2D eigenvalue weighted by Gasteiger charge is 2.20. The number of esters is 1. The molecule has 0 aromatic heterocycles. The molecule has 0 saturated heterocycles. The van der Waals surface area contributed by atoms with Crippen molar-refractivity contribution in [3.8, 4) is 0 Å². The van der Waals surface area contributed by atoms with Gasteiger partial charge in [0.15, 0.2) is 0 Å². The summed E-state index contributed by atoms with van der Waals surface area (Å²) in [4.78, 5) is 24.7. The third-order valence-corrected chi connectivity index (χ3v) is 18.4. The first-order valence-electron chi connectivity index (χ1n) is 39.4. The third-order valence-electron chi connectivity index (χ3n) is 18.4. The van der Waals surface area contributed by atoms with Crippen LogP contribution in [-0.4, -0.2) is 47.4 Å². The molecule has 0 spiro atoms. The molecular formula is C81H153NO5. The Bertz CT molecular complexity index is 1450. The van der Waals surface area contributed by atoms with Crippen molar-refractivity contribution in [1.82, 2.24) is 5.32 Å². The van der Waals surface area contributed by atoms with E-state index in [-0.39, 0.29) is 18.5 Å². The minimum atomic E-state index is -0.669. The van der Waals surface area contributed by atoms with Gasteiger partial charge in [-0.1, -0.05) is 377 Å². The predicted molar refractivity (Wildman–Crippen MR) is 384 cm³/mol. The van der Waals surface area contributed by atoms with Crippen LogP contribution < -0.4 is 5.32 Å². The molecule has 0 aliphatic heterocycles. The van der Waals surface area contributed by atoms with E-state index in [4.69, 9.17) is 4.74 Å². The number of unbranched alkanes of at least 4 members (excludes halogenated alkanes) is 55. The number of ether oxygens (including phenoxy) is 1. The lowest BCUT2D eigenvalue weighted by Gasteiger charge is -2.22. The molecule has 0 bridgehead atoms. The maximum absolute atomic E-state index is 12.6. The van der Waals surface area contributed by atoms with Crippen LogP contribution >= 0.6 is 0 Å². The molecule has 0 aromatic rings. The number of carbonyl (C=O) groups is 2. The van der Waals surface area contributed by atoms with Gasteiger partial charge in [-0.25, -0.2) is 0 Å². The van der Waals surface area contributed by atoms with Crippen molar-refractivity contribution >= 4 is 11.9 Å². The fraction of sp³-hybridized carbons (Fsp3) is 0.877. The summed E-state index contributed by atoms with van der Waals surface area (Å²) in [5.74, 6) is -0.0260. The van der Waals surface area contributed by atoms with Crippen LogP contribution in [0.3, 0.4) is 0 Å². The molecule has 2 unspecified atom stereocenters. The Kier molecular flexibility index (Phi) is 74.4. The Hall–Kier alpha value is -2.18. The minimum Gasteiger partial charge on any atom is -0.466 e. The van der Waals surface area contributed by atoms with Gasteiger partial charge in [0, 0.05) is 12.8 Å². The van der Waals surface area contributed by atoms with Crippen LogP contribution in [0.2, 0.25) is 0 Å². The van der Waals surface area contributed by atoms with Crippen molar-refractivity contribution in [1.29, 1.82) is 0 Å². The molecule has 0 heterocycles. The van der Waals surface area contributed by atoms with Crippen LogP contribution in [0.15, 0.2) is 48.6 Å². The maximum Gasteiger partial charge on any atom is 0.305 e. The van der Waals surface area contributed by atoms with Gasteiger partial charge in [0.25, 0.3) is 0 Å². The highest BCUT2D eigenvalue weighted by molar-refractivity contribution is 5.76. The molecule has 0 rings (SSSR count). The van der Waals surface area contributed by atoms with Gasteiger partial charge in [0.2, 0.25) is 5.91 Å². The zero-order chi connectivity index (χ0) is 62.8. The number of rotatable bonds is 74. The van der Waals surface area contributed by atoms with Crippen LogP contribution in [0.5, 0.6) is 0 Å². The molecule has 6 heteroatoms. The molecule has 6 nitrogen and oxygen atoms in total. The molecule has 3 N–H and O–H groups in total. The second-order valence-corrected chi connectivity index (χ2v) is 27.0. The van der Waals surface area contributed by atoms with Crippen molar-refractivity contribution in [3.05, 3.63) is 48.6 Å². The molecule has 512 valence electrons. The minimum absolute atomic E-state index is 0.00754. The number of nitrogens with one attached hydrogen (secondary N) is 1. The lowest BCUT2D eigenvalue weighted by atomic mass is 10.0. The first kappa shape index (κ1) is 84.8. The van der Waals surface area contributed by atoms with Crippen molar-refractivity contribution in [2.45, 2.75) is 443 Å². The maximum atomic E-state index is 12.6. The summed E-state index contributed by atoms with van der Waals surface area (Å²) in [6.45, 7) is 4.96. The topological polar surface area (TPSA) is 95.9 Å². The summed E-state index contributed by atoms with van der Waals surface area (Å²) in [5, 5.41) is 23.5. The van der Waals surface area contributed by atoms with E-state index in [1.165, 1.54) is 340 Å². The normalized spacial score (nSPS) is 12.7. The van der Waals surface area contributed by atoms with Gasteiger partial charge >= 0.3 is 5.97 Å². The van der Waals surface area contributed by atoms with Crippen molar-refractivity contribution in [2.24, 2.45) is 0 Å². The van der Waals surface area contributed by atoms with Gasteiger partial charge in [-0.05, 0) is 89.9 Å². The molecule has 2 atom stereocenters. The molecule has 87 heavy (non-hydrogen) atoms. The largest absolute Gasteiger partial charge is 0.466 e. The Morgan fingerprint density at radius 1 is 0.322 bits per heavy atom. The van der Waals surface area contributed by atoms with Gasteiger partial charge < -0.3 is 20.3 Å². The van der Waals surface area contributed by atoms with E-state index in [0.717, 1.165) is 57.8 Å². The first-order chi connectivity index (χ1) is 43.0. The highest BCUT2D eigenvalue weighted by atomic mass is 16.5. The monoisotopic (exact) mass is 1220 g/mol. The number of aliphatic hydroxyl groups excluding tert-OH is 2. The fourth-order valence-corrected chi connectivity index (χ4v) is 12.4. The molecule has 1 amide bonds. The SMILES string of the molecule is CCCCC/C=C\C/C=C\CCCCCCCCCCCC(=O)OCCCCCCCCCCC/C=C\C/C=C\CCCCCCCCCCCCCC(=O)NC(CO)C(O)CCCCCCCCCCCCCCCCCCCCCCCCCC. The summed E-state index contributed by atoms with van der Waals surface area (Å²) < 4.78 is 5.51. The van der Waals surface area contributed by atoms with E-state index in [9.17, 15) is 19.8 Å². The molecule has 0 aromatic carbocycles. The average molecular weight is 1220 g/mol. The van der Waals surface area contributed by atoms with Crippen molar-refractivity contribution in [2.75, 3.05) is 13.2 Å². The van der Waals surface area contributed by atoms with Gasteiger partial charge in [0.05, 0.1) is 25.4 Å². The van der Waals surface area contributed by atoms with Gasteiger partial charge in [0.1, 0.15) is 0 Å². The van der Waals surface area contributed by atoms with Crippen LogP contribution in [0.25, 0.3) is 0 Å². The van der Waals surface area contributed by atoms with E-state index in [0.29, 0.717) is 25.9 Å². The van der Waals surface area contributed by atoms with Gasteiger partial charge in [-0.15, -0.1) is 0 Å². The quantitative estimate of drug-likeness (QED) is 0.0320. The Balaban J connectivity index is 3.41. The summed E-state index contributed by atoms with van der Waals surface area (Å²) >= 11 is 0. The summed E-state index contributed by atoms with van der Waals surface area (Å²) in [6.07, 6.45) is 100. The van der Waals surface area contributed by atoms with Crippen molar-refractivity contribution in [3.63, 3.8) is 0 Å². The average Bonchev–Trinajstić information content (AvgIpc) is 3.58. The summed E-state index contributed by atoms with van der Waals surface area (Å²) in [5.41, 5.74) is 0. The number of amides is 1. The third kappa shape index (κ3) is 72.8. The zero-order valence-electron chi connectivity index (χ0n) is 58.8. The van der Waals surface area contributed by atoms with E-state index >= 15 is 0 Å². The molecule has 0 fully saturated rings. The van der Waals surface area contributed by atoms with Crippen molar-refractivity contribution < 1.29 is 24.5 Å². The lowest BCUT2D eigenvalue weighted by Crippen LogP contribution is -2.45. The second kappa shape index (κ2) is 76.3. The molecule has 0 radical (unpaired) electrons. The number of hydrogen-bond acceptors (Lipinski definition) is 5. The lowest BCUT2D eigenvalue weighted by molar-refractivity contribution is -0.143. The number of aliphatic hydroxyl groups is 2. The van der Waals surface area contributed by atoms with Crippen LogP contribution in [0.1, 0.15) is 431 Å². The molecule has 0 aliphatic carbocycles. The Morgan fingerprint density at radius 2 is 0.575 bits per heavy atom. The fourth-order valence-electron chi connectivity index (χ4n) is 12.4. The predicted octanol–water partition coefficient (Wildman–Crippen LogP) is 26.0. The van der Waals surface area contributed by atoms with E-state index < -0.39 is 12.1 Å². The zero-order valence-corrected chi connectivity index (χ0v) is 58.8. The molecule has 0 aliphatic rings. The van der Waals surface area contributed by atoms with Gasteiger partial charge in [-0.3, -0.25) is 9.59 Å². The smallest absolute Gasteiger partial charge is 0.305 e. The van der Waals surface area contributed by atoms with E-state index in [1.54, 1.807) is 0 Å². The van der Waals surface area contributed by atoms with Crippen LogP contribution in [-0.2, 0) is 14.3 Å². The van der Waals surface area contributed by atoms with E-state index in [2.05, 4.69) is 67.8 Å². The molecule has 0 saturated carbocycles. The van der Waals surface area contributed by atoms with Gasteiger partial charge in [-0.2, -0.15) is 0 Å². The van der Waals surface area contributed by atoms with Crippen LogP contribution in [0, 0.1) is 0 Å². The Morgan fingerprint density at radius 3 is 0.897 bits per heavy atom. The molecular weight excluding hydrogens is 1070 g/mol. The number of hydrogen-bond donors (Lipinski definition) is 3. The highest BCUT2D eigenvalue weighted by Crippen LogP contribution is 2.19. The standard InChI is InChI=1S/C81H153NO5/c1-3-5-7-9-11-13-15-17-19-21-23-24-25-31-34-38-41-45-49-53-57-61-65-69-73-79(84)78(77-83)82-80(85)74-70-66-62-58-54-50-46-42-39-35-32-29-27-26-28-30-33-36-40-44-48-52-56-60-64-68-72-76-87-81(86)75-71-67-63-59-55-51-47-43-37-22-20-18-16-14-12-10-8-6-4-2/h12,14,18,20,26-27,30,33,78-79,83-84H,3-11,13,15-17,19,21-25,28-29,31-32,34-77H2,1-2H3,(H,82,85)/b14-12-,20-18-,27-26-,33-30-. The second-order valence-electron chi connectivity index (χ2n) is 27.0.